The van der Waals surface area contributed by atoms with Crippen LogP contribution >= 0.6 is 0 Å². The summed E-state index contributed by atoms with van der Waals surface area (Å²) >= 11 is 0. The number of benzene rings is 3. The predicted molar refractivity (Wildman–Crippen MR) is 107 cm³/mol. The number of carbonyl (C=O) groups excluding carboxylic acids is 1. The molecule has 0 radical (unpaired) electrons. The van der Waals surface area contributed by atoms with E-state index in [1.807, 2.05) is 60.7 Å². The van der Waals surface area contributed by atoms with E-state index in [1.54, 1.807) is 0 Å². The Labute approximate surface area is 167 Å². The second-order valence-corrected chi connectivity index (χ2v) is 6.42. The Morgan fingerprint density at radius 3 is 1.79 bits per heavy atom. The first-order valence-electron chi connectivity index (χ1n) is 8.84. The van der Waals surface area contributed by atoms with E-state index < -0.39 is 16.8 Å². The molecule has 0 spiro atoms. The standard InChI is InChI=1S/C22H18N2O5/c25-21(20-13-18(24(28)29)11-12-19(20)22(26)27)23(14-16-7-3-1-4-8-16)15-17-9-5-2-6-10-17/h1-13H,14-15H2,(H,26,27). The number of nitrogens with zero attached hydrogens (tertiary/aromatic N) is 2. The van der Waals surface area contributed by atoms with Gasteiger partial charge >= 0.3 is 5.97 Å². The van der Waals surface area contributed by atoms with Crippen LogP contribution in [-0.4, -0.2) is 26.8 Å². The number of carbonyl (C=O) groups is 2. The molecule has 0 fully saturated rings. The summed E-state index contributed by atoms with van der Waals surface area (Å²) in [7, 11) is 0. The van der Waals surface area contributed by atoms with Crippen molar-refractivity contribution in [2.45, 2.75) is 13.1 Å². The molecule has 0 saturated carbocycles. The van der Waals surface area contributed by atoms with Crippen LogP contribution in [0.25, 0.3) is 0 Å². The summed E-state index contributed by atoms with van der Waals surface area (Å²) in [5.41, 5.74) is 0.904. The summed E-state index contributed by atoms with van der Waals surface area (Å²) in [6.07, 6.45) is 0. The molecule has 1 N–H and O–H groups in total. The van der Waals surface area contributed by atoms with Crippen molar-refractivity contribution in [1.29, 1.82) is 0 Å². The van der Waals surface area contributed by atoms with Gasteiger partial charge in [0.1, 0.15) is 0 Å². The van der Waals surface area contributed by atoms with Crippen LogP contribution in [0.15, 0.2) is 78.9 Å². The van der Waals surface area contributed by atoms with Crippen molar-refractivity contribution < 1.29 is 19.6 Å². The average molecular weight is 390 g/mol. The summed E-state index contributed by atoms with van der Waals surface area (Å²) in [6.45, 7) is 0.465. The monoisotopic (exact) mass is 390 g/mol. The molecule has 0 saturated heterocycles. The number of non-ortho nitro benzene ring substituents is 1. The van der Waals surface area contributed by atoms with Crippen LogP contribution < -0.4 is 0 Å². The molecule has 0 aliphatic carbocycles. The zero-order valence-corrected chi connectivity index (χ0v) is 15.4. The number of hydrogen-bond donors (Lipinski definition) is 1. The molecule has 0 bridgehead atoms. The molecule has 1 amide bonds. The van der Waals surface area contributed by atoms with Gasteiger partial charge in [-0.05, 0) is 17.2 Å². The van der Waals surface area contributed by atoms with Crippen LogP contribution in [0.4, 0.5) is 5.69 Å². The van der Waals surface area contributed by atoms with E-state index in [-0.39, 0.29) is 29.9 Å². The number of amides is 1. The molecular weight excluding hydrogens is 372 g/mol. The summed E-state index contributed by atoms with van der Waals surface area (Å²) in [6, 6.07) is 21.7. The number of rotatable bonds is 7. The van der Waals surface area contributed by atoms with Gasteiger partial charge in [-0.3, -0.25) is 14.9 Å². The largest absolute Gasteiger partial charge is 0.478 e. The van der Waals surface area contributed by atoms with E-state index in [4.69, 9.17) is 0 Å². The fourth-order valence-electron chi connectivity index (χ4n) is 2.99. The zero-order valence-electron chi connectivity index (χ0n) is 15.4. The fraction of sp³-hybridized carbons (Fsp3) is 0.0909. The van der Waals surface area contributed by atoms with Crippen molar-refractivity contribution >= 4 is 17.6 Å². The molecule has 0 atom stereocenters. The highest BCUT2D eigenvalue weighted by Crippen LogP contribution is 2.22. The summed E-state index contributed by atoms with van der Waals surface area (Å²) in [5, 5.41) is 20.6. The number of hydrogen-bond acceptors (Lipinski definition) is 4. The summed E-state index contributed by atoms with van der Waals surface area (Å²) < 4.78 is 0. The Balaban J connectivity index is 2.02. The molecule has 0 unspecified atom stereocenters. The van der Waals surface area contributed by atoms with Gasteiger partial charge in [-0.1, -0.05) is 60.7 Å². The Morgan fingerprint density at radius 1 is 0.828 bits per heavy atom. The van der Waals surface area contributed by atoms with Gasteiger partial charge in [-0.15, -0.1) is 0 Å². The highest BCUT2D eigenvalue weighted by molar-refractivity contribution is 6.05. The number of carboxylic acid groups (broad SMARTS) is 1. The SMILES string of the molecule is O=C(O)c1ccc([N+](=O)[O-])cc1C(=O)N(Cc1ccccc1)Cc1ccccc1. The predicted octanol–water partition coefficient (Wildman–Crippen LogP) is 4.14. The Bertz CT molecular complexity index is 994. The van der Waals surface area contributed by atoms with Gasteiger partial charge in [0.2, 0.25) is 0 Å². The average Bonchev–Trinajstić information content (AvgIpc) is 2.73. The molecule has 3 aromatic rings. The molecular formula is C22H18N2O5. The van der Waals surface area contributed by atoms with E-state index in [9.17, 15) is 24.8 Å². The first-order chi connectivity index (χ1) is 14.0. The molecule has 7 nitrogen and oxygen atoms in total. The van der Waals surface area contributed by atoms with Gasteiger partial charge in [0, 0.05) is 25.2 Å². The molecule has 3 rings (SSSR count). The number of aromatic carboxylic acids is 1. The second-order valence-electron chi connectivity index (χ2n) is 6.42. The van der Waals surface area contributed by atoms with Crippen LogP contribution in [0.1, 0.15) is 31.8 Å². The topological polar surface area (TPSA) is 101 Å². The first kappa shape index (κ1) is 19.8. The quantitative estimate of drug-likeness (QED) is 0.483. The third-order valence-corrected chi connectivity index (χ3v) is 4.39. The molecule has 146 valence electrons. The van der Waals surface area contributed by atoms with E-state index >= 15 is 0 Å². The van der Waals surface area contributed by atoms with Gasteiger partial charge in [-0.2, -0.15) is 0 Å². The van der Waals surface area contributed by atoms with Gasteiger partial charge in [-0.25, -0.2) is 4.79 Å². The number of nitro groups is 1. The van der Waals surface area contributed by atoms with Crippen molar-refractivity contribution in [2.24, 2.45) is 0 Å². The van der Waals surface area contributed by atoms with Crippen LogP contribution in [0.5, 0.6) is 0 Å². The Morgan fingerprint density at radius 2 is 1.34 bits per heavy atom. The Kier molecular flexibility index (Phi) is 5.99. The fourth-order valence-corrected chi connectivity index (χ4v) is 2.99. The van der Waals surface area contributed by atoms with Crippen LogP contribution in [0.3, 0.4) is 0 Å². The lowest BCUT2D eigenvalue weighted by molar-refractivity contribution is -0.384. The van der Waals surface area contributed by atoms with Gasteiger partial charge in [0.25, 0.3) is 11.6 Å². The molecule has 0 aromatic heterocycles. The maximum atomic E-state index is 13.3. The molecule has 29 heavy (non-hydrogen) atoms. The summed E-state index contributed by atoms with van der Waals surface area (Å²) in [5.74, 6) is -1.90. The molecule has 0 heterocycles. The highest BCUT2D eigenvalue weighted by atomic mass is 16.6. The first-order valence-corrected chi connectivity index (χ1v) is 8.84. The van der Waals surface area contributed by atoms with Crippen molar-refractivity contribution in [3.63, 3.8) is 0 Å². The van der Waals surface area contributed by atoms with E-state index in [0.29, 0.717) is 0 Å². The number of carboxylic acids is 1. The van der Waals surface area contributed by atoms with Crippen molar-refractivity contribution in [3.8, 4) is 0 Å². The van der Waals surface area contributed by atoms with Crippen LogP contribution in [0, 0.1) is 10.1 Å². The van der Waals surface area contributed by atoms with Crippen molar-refractivity contribution in [3.05, 3.63) is 111 Å². The number of nitro benzene ring substituents is 1. The molecule has 3 aromatic carbocycles. The normalized spacial score (nSPS) is 10.3. The lowest BCUT2D eigenvalue weighted by Crippen LogP contribution is -2.31. The van der Waals surface area contributed by atoms with E-state index in [1.165, 1.54) is 4.90 Å². The van der Waals surface area contributed by atoms with Gasteiger partial charge < -0.3 is 10.0 Å². The van der Waals surface area contributed by atoms with E-state index in [2.05, 4.69) is 0 Å². The van der Waals surface area contributed by atoms with Gasteiger partial charge in [0.05, 0.1) is 16.1 Å². The third-order valence-electron chi connectivity index (χ3n) is 4.39. The highest BCUT2D eigenvalue weighted by Gasteiger charge is 2.25. The van der Waals surface area contributed by atoms with Crippen molar-refractivity contribution in [2.75, 3.05) is 0 Å². The van der Waals surface area contributed by atoms with Gasteiger partial charge in [0.15, 0.2) is 0 Å². The van der Waals surface area contributed by atoms with Crippen LogP contribution in [0.2, 0.25) is 0 Å². The zero-order chi connectivity index (χ0) is 20.8. The minimum absolute atomic E-state index is 0.210. The second kappa shape index (κ2) is 8.79. The summed E-state index contributed by atoms with van der Waals surface area (Å²) in [4.78, 5) is 36.9. The maximum Gasteiger partial charge on any atom is 0.336 e. The third kappa shape index (κ3) is 4.84. The lowest BCUT2D eigenvalue weighted by atomic mass is 10.0. The minimum atomic E-state index is -1.32. The molecule has 7 heteroatoms. The van der Waals surface area contributed by atoms with Crippen LogP contribution in [-0.2, 0) is 13.1 Å². The lowest BCUT2D eigenvalue weighted by Gasteiger charge is -2.24. The molecule has 0 aliphatic rings. The smallest absolute Gasteiger partial charge is 0.336 e. The maximum absolute atomic E-state index is 13.3. The van der Waals surface area contributed by atoms with Crippen molar-refractivity contribution in [1.82, 2.24) is 4.90 Å². The molecule has 0 aliphatic heterocycles. The van der Waals surface area contributed by atoms with E-state index in [0.717, 1.165) is 29.3 Å². The minimum Gasteiger partial charge on any atom is -0.478 e. The Hall–Kier alpha value is -4.00.